The van der Waals surface area contributed by atoms with Gasteiger partial charge >= 0.3 is 0 Å². The molecule has 138 valence electrons. The van der Waals surface area contributed by atoms with Crippen LogP contribution < -0.4 is 10.9 Å². The number of rotatable bonds is 5. The van der Waals surface area contributed by atoms with Crippen molar-refractivity contribution in [3.05, 3.63) is 63.6 Å². The van der Waals surface area contributed by atoms with Gasteiger partial charge in [-0.05, 0) is 35.4 Å². The van der Waals surface area contributed by atoms with E-state index in [1.54, 1.807) is 0 Å². The second-order valence-corrected chi connectivity index (χ2v) is 7.45. The molecule has 0 unspecified atom stereocenters. The molecule has 1 aromatic heterocycles. The molecule has 1 fully saturated rings. The average Bonchev–Trinajstić information content (AvgIpc) is 2.60. The number of carbonyl (C=O) groups is 1. The molecular formula is C20H26N4O2. The van der Waals surface area contributed by atoms with Crippen molar-refractivity contribution in [2.45, 2.75) is 33.4 Å². The van der Waals surface area contributed by atoms with Gasteiger partial charge < -0.3 is 5.32 Å². The van der Waals surface area contributed by atoms with E-state index in [1.807, 2.05) is 12.1 Å². The van der Waals surface area contributed by atoms with Crippen molar-refractivity contribution in [2.75, 3.05) is 13.1 Å². The van der Waals surface area contributed by atoms with E-state index in [1.165, 1.54) is 24.1 Å². The topological polar surface area (TPSA) is 78.1 Å². The second kappa shape index (κ2) is 8.27. The van der Waals surface area contributed by atoms with E-state index in [9.17, 15) is 9.59 Å². The van der Waals surface area contributed by atoms with Crippen LogP contribution in [0.1, 0.15) is 41.9 Å². The summed E-state index contributed by atoms with van der Waals surface area (Å²) in [6.45, 7) is 8.38. The highest BCUT2D eigenvalue weighted by molar-refractivity contribution is 5.91. The molecule has 1 saturated heterocycles. The zero-order valence-electron chi connectivity index (χ0n) is 15.4. The van der Waals surface area contributed by atoms with Crippen LogP contribution in [-0.4, -0.2) is 34.1 Å². The first-order valence-corrected chi connectivity index (χ1v) is 9.13. The molecule has 2 N–H and O–H groups in total. The summed E-state index contributed by atoms with van der Waals surface area (Å²) in [7, 11) is 0. The zero-order valence-corrected chi connectivity index (χ0v) is 15.4. The number of likely N-dealkylation sites (tertiary alicyclic amines) is 1. The van der Waals surface area contributed by atoms with Crippen LogP contribution in [0.2, 0.25) is 0 Å². The van der Waals surface area contributed by atoms with Crippen LogP contribution in [0, 0.1) is 11.8 Å². The Morgan fingerprint density at radius 1 is 1.12 bits per heavy atom. The van der Waals surface area contributed by atoms with Crippen molar-refractivity contribution in [3.63, 3.8) is 0 Å². The van der Waals surface area contributed by atoms with Crippen molar-refractivity contribution in [3.8, 4) is 0 Å². The summed E-state index contributed by atoms with van der Waals surface area (Å²) in [4.78, 5) is 25.5. The number of hydrogen-bond donors (Lipinski definition) is 2. The third kappa shape index (κ3) is 5.02. The maximum atomic E-state index is 12.0. The molecule has 6 heteroatoms. The van der Waals surface area contributed by atoms with E-state index in [0.29, 0.717) is 6.54 Å². The van der Waals surface area contributed by atoms with Crippen molar-refractivity contribution in [1.29, 1.82) is 0 Å². The van der Waals surface area contributed by atoms with E-state index in [0.717, 1.165) is 37.0 Å². The molecule has 2 aromatic rings. The van der Waals surface area contributed by atoms with Gasteiger partial charge in [0.2, 0.25) is 0 Å². The fourth-order valence-corrected chi connectivity index (χ4v) is 3.69. The Balaban J connectivity index is 1.52. The first kappa shape index (κ1) is 18.3. The molecule has 1 aromatic carbocycles. The van der Waals surface area contributed by atoms with Crippen molar-refractivity contribution >= 4 is 5.91 Å². The zero-order chi connectivity index (χ0) is 18.5. The molecule has 0 aliphatic carbocycles. The van der Waals surface area contributed by atoms with Gasteiger partial charge in [0.15, 0.2) is 0 Å². The summed E-state index contributed by atoms with van der Waals surface area (Å²) >= 11 is 0. The largest absolute Gasteiger partial charge is 0.347 e. The maximum Gasteiger partial charge on any atom is 0.271 e. The minimum absolute atomic E-state index is 0.203. The maximum absolute atomic E-state index is 12.0. The molecular weight excluding hydrogens is 328 g/mol. The van der Waals surface area contributed by atoms with Gasteiger partial charge in [0.05, 0.1) is 0 Å². The first-order chi connectivity index (χ1) is 12.5. The summed E-state index contributed by atoms with van der Waals surface area (Å²) in [5, 5.41) is 8.80. The lowest BCUT2D eigenvalue weighted by atomic mass is 9.91. The Labute approximate surface area is 153 Å². The first-order valence-electron chi connectivity index (χ1n) is 9.13. The van der Waals surface area contributed by atoms with Gasteiger partial charge in [0, 0.05) is 32.2 Å². The summed E-state index contributed by atoms with van der Waals surface area (Å²) in [6.07, 6.45) is 1.32. The van der Waals surface area contributed by atoms with Gasteiger partial charge in [0.1, 0.15) is 5.69 Å². The van der Waals surface area contributed by atoms with Crippen LogP contribution in [-0.2, 0) is 13.1 Å². The number of aromatic nitrogens is 2. The van der Waals surface area contributed by atoms with Gasteiger partial charge in [-0.2, -0.15) is 5.10 Å². The molecule has 1 amide bonds. The van der Waals surface area contributed by atoms with Crippen LogP contribution in [0.25, 0.3) is 0 Å². The van der Waals surface area contributed by atoms with Crippen LogP contribution >= 0.6 is 0 Å². The number of nitrogens with zero attached hydrogens (tertiary/aromatic N) is 2. The Morgan fingerprint density at radius 3 is 2.38 bits per heavy atom. The Bertz CT molecular complexity index is 770. The van der Waals surface area contributed by atoms with E-state index < -0.39 is 0 Å². The van der Waals surface area contributed by atoms with Gasteiger partial charge in [-0.1, -0.05) is 38.1 Å². The summed E-state index contributed by atoms with van der Waals surface area (Å²) in [5.74, 6) is 1.21. The highest BCUT2D eigenvalue weighted by atomic mass is 16.2. The van der Waals surface area contributed by atoms with E-state index >= 15 is 0 Å². The number of H-pyrrole nitrogens is 1. The molecule has 1 aliphatic rings. The minimum atomic E-state index is -0.324. The Hall–Kier alpha value is -2.47. The lowest BCUT2D eigenvalue weighted by molar-refractivity contribution is 0.0945. The van der Waals surface area contributed by atoms with Gasteiger partial charge in [0.25, 0.3) is 11.5 Å². The lowest BCUT2D eigenvalue weighted by Crippen LogP contribution is -2.38. The smallest absolute Gasteiger partial charge is 0.271 e. The standard InChI is InChI=1S/C20H26N4O2/c1-14-9-15(2)12-24(11-14)13-17-5-3-16(4-6-17)10-21-20(26)18-7-8-19(25)23-22-18/h3-8,14-15H,9-13H2,1-2H3,(H,21,26)(H,23,25)/t14-,15+. The van der Waals surface area contributed by atoms with Crippen LogP contribution in [0.3, 0.4) is 0 Å². The van der Waals surface area contributed by atoms with Gasteiger partial charge in [-0.3, -0.25) is 14.5 Å². The molecule has 3 rings (SSSR count). The molecule has 0 spiro atoms. The fraction of sp³-hybridized carbons (Fsp3) is 0.450. The molecule has 2 heterocycles. The van der Waals surface area contributed by atoms with Crippen LogP contribution in [0.5, 0.6) is 0 Å². The number of amides is 1. The predicted molar refractivity (Wildman–Crippen MR) is 101 cm³/mol. The normalized spacial score (nSPS) is 20.7. The lowest BCUT2D eigenvalue weighted by Gasteiger charge is -2.35. The molecule has 26 heavy (non-hydrogen) atoms. The Kier molecular flexibility index (Phi) is 5.83. The monoisotopic (exact) mass is 354 g/mol. The quantitative estimate of drug-likeness (QED) is 0.863. The fourth-order valence-electron chi connectivity index (χ4n) is 3.69. The van der Waals surface area contributed by atoms with Crippen LogP contribution in [0.15, 0.2) is 41.2 Å². The second-order valence-electron chi connectivity index (χ2n) is 7.45. The van der Waals surface area contributed by atoms with Gasteiger partial charge in [-0.15, -0.1) is 0 Å². The van der Waals surface area contributed by atoms with Crippen molar-refractivity contribution in [1.82, 2.24) is 20.4 Å². The number of nitrogens with one attached hydrogen (secondary N) is 2. The predicted octanol–water partition coefficient (Wildman–Crippen LogP) is 2.18. The third-order valence-electron chi connectivity index (χ3n) is 4.74. The molecule has 6 nitrogen and oxygen atoms in total. The Morgan fingerprint density at radius 2 is 1.77 bits per heavy atom. The van der Waals surface area contributed by atoms with E-state index in [-0.39, 0.29) is 17.2 Å². The van der Waals surface area contributed by atoms with Crippen LogP contribution in [0.4, 0.5) is 0 Å². The van der Waals surface area contributed by atoms with Crippen molar-refractivity contribution in [2.24, 2.45) is 11.8 Å². The van der Waals surface area contributed by atoms with Crippen molar-refractivity contribution < 1.29 is 4.79 Å². The number of benzene rings is 1. The highest BCUT2D eigenvalue weighted by Crippen LogP contribution is 2.22. The average molecular weight is 354 g/mol. The third-order valence-corrected chi connectivity index (χ3v) is 4.74. The summed E-state index contributed by atoms with van der Waals surface area (Å²) in [5.41, 5.74) is 2.21. The SMILES string of the molecule is C[C@@H]1C[C@H](C)CN(Cc2ccc(CNC(=O)c3ccc(=O)[nH]n3)cc2)C1. The molecule has 2 atom stereocenters. The minimum Gasteiger partial charge on any atom is -0.347 e. The van der Waals surface area contributed by atoms with E-state index in [2.05, 4.69) is 46.4 Å². The molecule has 0 bridgehead atoms. The summed E-state index contributed by atoms with van der Waals surface area (Å²) in [6, 6.07) is 11.1. The molecule has 0 radical (unpaired) electrons. The van der Waals surface area contributed by atoms with E-state index in [4.69, 9.17) is 0 Å². The number of piperidine rings is 1. The highest BCUT2D eigenvalue weighted by Gasteiger charge is 2.21. The molecule has 1 aliphatic heterocycles. The summed E-state index contributed by atoms with van der Waals surface area (Å²) < 4.78 is 0. The number of aromatic amines is 1. The molecule has 0 saturated carbocycles. The number of hydrogen-bond acceptors (Lipinski definition) is 4. The number of carbonyl (C=O) groups excluding carboxylic acids is 1. The van der Waals surface area contributed by atoms with Gasteiger partial charge in [-0.25, -0.2) is 5.10 Å².